The highest BCUT2D eigenvalue weighted by Gasteiger charge is 2.41. The molecule has 0 radical (unpaired) electrons. The number of aryl methyl sites for hydroxylation is 1. The zero-order valence-corrected chi connectivity index (χ0v) is 16.7. The third kappa shape index (κ3) is 2.96. The normalized spacial score (nSPS) is 20.9. The Hall–Kier alpha value is -2.80. The number of hydrogen-bond acceptors (Lipinski definition) is 1. The van der Waals surface area contributed by atoms with Gasteiger partial charge in [0.25, 0.3) is 0 Å². The third-order valence-corrected chi connectivity index (χ3v) is 6.45. The number of allylic oxidation sites excluding steroid dienone is 1. The lowest BCUT2D eigenvalue weighted by atomic mass is 9.95. The summed E-state index contributed by atoms with van der Waals surface area (Å²) in [4.78, 5) is 2.60. The minimum atomic E-state index is 0.618. The summed E-state index contributed by atoms with van der Waals surface area (Å²) in [7, 11) is 0. The van der Waals surface area contributed by atoms with Crippen LogP contribution in [0.25, 0.3) is 11.6 Å². The van der Waals surface area contributed by atoms with Gasteiger partial charge in [-0.3, -0.25) is 0 Å². The molecule has 1 heteroatoms. The maximum absolute atomic E-state index is 2.60. The van der Waals surface area contributed by atoms with Crippen LogP contribution in [0.2, 0.25) is 0 Å². The Labute approximate surface area is 168 Å². The van der Waals surface area contributed by atoms with E-state index in [1.54, 1.807) is 0 Å². The standard InChI is InChI=1S/C27H27N/c1-19-11-14-23(15-12-19)28-26-10-6-9-24(26)25-18-21(13-16-27(25)28)17-20(2)22-7-4-3-5-8-22/h3-5,7-8,11-18,24,26H,6,9-10H2,1-2H3. The number of rotatable bonds is 3. The summed E-state index contributed by atoms with van der Waals surface area (Å²) in [6, 6.07) is 27.4. The minimum absolute atomic E-state index is 0.618. The molecule has 1 nitrogen and oxygen atoms in total. The van der Waals surface area contributed by atoms with E-state index in [0.29, 0.717) is 12.0 Å². The molecule has 1 aliphatic carbocycles. The van der Waals surface area contributed by atoms with Gasteiger partial charge in [-0.15, -0.1) is 0 Å². The molecule has 0 bridgehead atoms. The molecule has 2 unspecified atom stereocenters. The Kier molecular flexibility index (Phi) is 4.31. The molecule has 140 valence electrons. The lowest BCUT2D eigenvalue weighted by Crippen LogP contribution is -2.26. The van der Waals surface area contributed by atoms with E-state index in [9.17, 15) is 0 Å². The van der Waals surface area contributed by atoms with Gasteiger partial charge in [0, 0.05) is 23.3 Å². The monoisotopic (exact) mass is 365 g/mol. The van der Waals surface area contributed by atoms with Crippen LogP contribution in [0.1, 0.15) is 54.4 Å². The Morgan fingerprint density at radius 3 is 2.50 bits per heavy atom. The van der Waals surface area contributed by atoms with Crippen molar-refractivity contribution in [2.24, 2.45) is 0 Å². The second-order valence-corrected chi connectivity index (χ2v) is 8.32. The number of fused-ring (bicyclic) bond motifs is 3. The van der Waals surface area contributed by atoms with E-state index in [0.717, 1.165) is 0 Å². The Bertz CT molecular complexity index is 1010. The Balaban J connectivity index is 1.54. The van der Waals surface area contributed by atoms with E-state index >= 15 is 0 Å². The zero-order chi connectivity index (χ0) is 19.1. The first-order chi connectivity index (χ1) is 13.7. The Morgan fingerprint density at radius 1 is 0.929 bits per heavy atom. The molecule has 3 aromatic rings. The van der Waals surface area contributed by atoms with E-state index in [2.05, 4.69) is 97.6 Å². The molecule has 5 rings (SSSR count). The summed E-state index contributed by atoms with van der Waals surface area (Å²) in [6.07, 6.45) is 6.26. The van der Waals surface area contributed by atoms with Crippen LogP contribution in [-0.2, 0) is 0 Å². The molecule has 1 heterocycles. The molecule has 0 amide bonds. The van der Waals surface area contributed by atoms with Crippen LogP contribution in [-0.4, -0.2) is 6.04 Å². The fraction of sp³-hybridized carbons (Fsp3) is 0.259. The highest BCUT2D eigenvalue weighted by atomic mass is 15.2. The van der Waals surface area contributed by atoms with Crippen LogP contribution in [0.3, 0.4) is 0 Å². The van der Waals surface area contributed by atoms with Gasteiger partial charge in [-0.05, 0) is 73.2 Å². The molecular formula is C27H27N. The van der Waals surface area contributed by atoms with Crippen molar-refractivity contribution in [2.45, 2.75) is 45.1 Å². The van der Waals surface area contributed by atoms with Crippen LogP contribution in [0.15, 0.2) is 72.8 Å². The first-order valence-electron chi connectivity index (χ1n) is 10.4. The number of benzene rings is 3. The molecule has 1 saturated carbocycles. The van der Waals surface area contributed by atoms with Crippen molar-refractivity contribution < 1.29 is 0 Å². The second-order valence-electron chi connectivity index (χ2n) is 8.32. The lowest BCUT2D eigenvalue weighted by molar-refractivity contribution is 0.642. The molecule has 0 aromatic heterocycles. The van der Waals surface area contributed by atoms with Crippen molar-refractivity contribution in [1.29, 1.82) is 0 Å². The van der Waals surface area contributed by atoms with Gasteiger partial charge in [-0.25, -0.2) is 0 Å². The molecule has 2 atom stereocenters. The number of anilines is 2. The molecule has 0 spiro atoms. The van der Waals surface area contributed by atoms with Crippen LogP contribution < -0.4 is 4.90 Å². The first kappa shape index (κ1) is 17.3. The largest absolute Gasteiger partial charge is 0.338 e. The van der Waals surface area contributed by atoms with Crippen LogP contribution >= 0.6 is 0 Å². The quantitative estimate of drug-likeness (QED) is 0.439. The molecule has 3 aromatic carbocycles. The molecule has 2 aliphatic rings. The van der Waals surface area contributed by atoms with E-state index in [1.165, 1.54) is 58.5 Å². The number of nitrogens with zero attached hydrogens (tertiary/aromatic N) is 1. The highest BCUT2D eigenvalue weighted by molar-refractivity contribution is 5.82. The Morgan fingerprint density at radius 2 is 1.71 bits per heavy atom. The predicted octanol–water partition coefficient (Wildman–Crippen LogP) is 7.34. The van der Waals surface area contributed by atoms with Crippen LogP contribution in [0, 0.1) is 6.92 Å². The molecule has 0 saturated heterocycles. The van der Waals surface area contributed by atoms with E-state index in [4.69, 9.17) is 0 Å². The topological polar surface area (TPSA) is 3.24 Å². The van der Waals surface area contributed by atoms with Crippen molar-refractivity contribution in [1.82, 2.24) is 0 Å². The fourth-order valence-corrected chi connectivity index (χ4v) is 5.04. The minimum Gasteiger partial charge on any atom is -0.338 e. The third-order valence-electron chi connectivity index (χ3n) is 6.45. The summed E-state index contributed by atoms with van der Waals surface area (Å²) < 4.78 is 0. The van der Waals surface area contributed by atoms with Crippen molar-refractivity contribution >= 4 is 23.0 Å². The van der Waals surface area contributed by atoms with Crippen molar-refractivity contribution in [3.63, 3.8) is 0 Å². The van der Waals surface area contributed by atoms with Gasteiger partial charge in [0.2, 0.25) is 0 Å². The summed E-state index contributed by atoms with van der Waals surface area (Å²) in [5, 5.41) is 0. The molecule has 1 fully saturated rings. The van der Waals surface area contributed by atoms with Crippen LogP contribution in [0.4, 0.5) is 11.4 Å². The maximum Gasteiger partial charge on any atom is 0.0450 e. The van der Waals surface area contributed by atoms with Crippen LogP contribution in [0.5, 0.6) is 0 Å². The highest BCUT2D eigenvalue weighted by Crippen LogP contribution is 2.52. The maximum atomic E-state index is 2.60. The van der Waals surface area contributed by atoms with Crippen molar-refractivity contribution in [3.8, 4) is 0 Å². The van der Waals surface area contributed by atoms with Crippen molar-refractivity contribution in [3.05, 3.63) is 95.1 Å². The summed E-state index contributed by atoms with van der Waals surface area (Å²) >= 11 is 0. The van der Waals surface area contributed by atoms with E-state index in [-0.39, 0.29) is 0 Å². The van der Waals surface area contributed by atoms with E-state index in [1.807, 2.05) is 0 Å². The van der Waals surface area contributed by atoms with Gasteiger partial charge < -0.3 is 4.90 Å². The van der Waals surface area contributed by atoms with Gasteiger partial charge in [0.05, 0.1) is 0 Å². The summed E-state index contributed by atoms with van der Waals surface area (Å²) in [6.45, 7) is 4.37. The SMILES string of the molecule is CC(=Cc1ccc2c(c1)C1CCCC1N2c1ccc(C)cc1)c1ccccc1. The first-order valence-corrected chi connectivity index (χ1v) is 10.4. The van der Waals surface area contributed by atoms with Gasteiger partial charge in [-0.1, -0.05) is 66.6 Å². The summed E-state index contributed by atoms with van der Waals surface area (Å²) in [5.41, 5.74) is 9.54. The number of hydrogen-bond donors (Lipinski definition) is 0. The summed E-state index contributed by atoms with van der Waals surface area (Å²) in [5.74, 6) is 0.668. The average Bonchev–Trinajstić information content (AvgIpc) is 3.30. The molecule has 0 N–H and O–H groups in total. The molecule has 1 aliphatic heterocycles. The van der Waals surface area contributed by atoms with Gasteiger partial charge >= 0.3 is 0 Å². The fourth-order valence-electron chi connectivity index (χ4n) is 5.04. The van der Waals surface area contributed by atoms with E-state index < -0.39 is 0 Å². The van der Waals surface area contributed by atoms with Gasteiger partial charge in [0.1, 0.15) is 0 Å². The molecule has 28 heavy (non-hydrogen) atoms. The van der Waals surface area contributed by atoms with Gasteiger partial charge in [0.15, 0.2) is 0 Å². The smallest absolute Gasteiger partial charge is 0.0450 e. The lowest BCUT2D eigenvalue weighted by Gasteiger charge is -2.27. The zero-order valence-electron chi connectivity index (χ0n) is 16.7. The van der Waals surface area contributed by atoms with Crippen molar-refractivity contribution in [2.75, 3.05) is 4.90 Å². The average molecular weight is 366 g/mol. The predicted molar refractivity (Wildman–Crippen MR) is 120 cm³/mol. The molecular weight excluding hydrogens is 338 g/mol. The second kappa shape index (κ2) is 6.98. The van der Waals surface area contributed by atoms with Gasteiger partial charge in [-0.2, -0.15) is 0 Å².